The van der Waals surface area contributed by atoms with Crippen LogP contribution in [-0.2, 0) is 12.7 Å². The first-order valence-corrected chi connectivity index (χ1v) is 5.49. The summed E-state index contributed by atoms with van der Waals surface area (Å²) in [6.07, 6.45) is -4.29. The molecule has 1 aromatic rings. The number of hydrogen-bond donors (Lipinski definition) is 1. The first kappa shape index (κ1) is 12.4. The van der Waals surface area contributed by atoms with E-state index in [-0.39, 0.29) is 12.5 Å². The van der Waals surface area contributed by atoms with E-state index in [2.05, 4.69) is 0 Å². The molecule has 1 N–H and O–H groups in total. The summed E-state index contributed by atoms with van der Waals surface area (Å²) in [5.74, 6) is 0.216. The summed E-state index contributed by atoms with van der Waals surface area (Å²) in [6, 6.07) is 5.64. The number of aliphatic hydroxyl groups excluding tert-OH is 1. The molecule has 1 aromatic carbocycles. The molecule has 1 aliphatic heterocycles. The molecule has 1 saturated heterocycles. The van der Waals surface area contributed by atoms with Gasteiger partial charge in [0.2, 0.25) is 0 Å². The highest BCUT2D eigenvalue weighted by Crippen LogP contribution is 2.33. The average molecular weight is 245 g/mol. The fourth-order valence-electron chi connectivity index (χ4n) is 2.10. The zero-order valence-electron chi connectivity index (χ0n) is 9.24. The molecule has 17 heavy (non-hydrogen) atoms. The van der Waals surface area contributed by atoms with Crippen molar-refractivity contribution in [3.8, 4) is 0 Å². The molecule has 0 aromatic heterocycles. The van der Waals surface area contributed by atoms with Crippen LogP contribution >= 0.6 is 0 Å². The number of likely N-dealkylation sites (tertiary alicyclic amines) is 1. The van der Waals surface area contributed by atoms with Gasteiger partial charge in [0.15, 0.2) is 0 Å². The summed E-state index contributed by atoms with van der Waals surface area (Å²) in [4.78, 5) is 1.91. The third-order valence-electron chi connectivity index (χ3n) is 3.01. The molecule has 0 radical (unpaired) electrons. The quantitative estimate of drug-likeness (QED) is 0.881. The molecule has 0 amide bonds. The van der Waals surface area contributed by atoms with E-state index in [0.29, 0.717) is 25.2 Å². The number of benzene rings is 1. The second-order valence-corrected chi connectivity index (χ2v) is 4.40. The number of hydrogen-bond acceptors (Lipinski definition) is 2. The van der Waals surface area contributed by atoms with Crippen molar-refractivity contribution >= 4 is 0 Å². The van der Waals surface area contributed by atoms with Crippen molar-refractivity contribution in [2.24, 2.45) is 5.92 Å². The van der Waals surface area contributed by atoms with Crippen molar-refractivity contribution < 1.29 is 18.3 Å². The van der Waals surface area contributed by atoms with E-state index in [0.717, 1.165) is 6.07 Å². The molecule has 1 aliphatic rings. The monoisotopic (exact) mass is 245 g/mol. The summed E-state index contributed by atoms with van der Waals surface area (Å²) >= 11 is 0. The van der Waals surface area contributed by atoms with Crippen molar-refractivity contribution in [2.45, 2.75) is 12.7 Å². The minimum Gasteiger partial charge on any atom is -0.396 e. The third-order valence-corrected chi connectivity index (χ3v) is 3.01. The van der Waals surface area contributed by atoms with Gasteiger partial charge in [0, 0.05) is 32.2 Å². The topological polar surface area (TPSA) is 23.5 Å². The Morgan fingerprint density at radius 2 is 1.88 bits per heavy atom. The Morgan fingerprint density at radius 3 is 2.47 bits per heavy atom. The van der Waals surface area contributed by atoms with Crippen molar-refractivity contribution in [1.82, 2.24) is 4.90 Å². The lowest BCUT2D eigenvalue weighted by Gasteiger charge is -2.38. The Labute approximate surface area is 97.7 Å². The largest absolute Gasteiger partial charge is 0.416 e. The highest BCUT2D eigenvalue weighted by molar-refractivity contribution is 5.29. The fourth-order valence-corrected chi connectivity index (χ4v) is 2.10. The van der Waals surface area contributed by atoms with Crippen LogP contribution in [0.1, 0.15) is 11.1 Å². The lowest BCUT2D eigenvalue weighted by molar-refractivity contribution is -0.138. The Morgan fingerprint density at radius 1 is 1.24 bits per heavy atom. The van der Waals surface area contributed by atoms with Gasteiger partial charge in [-0.2, -0.15) is 13.2 Å². The van der Waals surface area contributed by atoms with Crippen LogP contribution < -0.4 is 0 Å². The predicted molar refractivity (Wildman–Crippen MR) is 57.3 cm³/mol. The van der Waals surface area contributed by atoms with Crippen LogP contribution in [0.25, 0.3) is 0 Å². The second-order valence-electron chi connectivity index (χ2n) is 4.40. The van der Waals surface area contributed by atoms with Gasteiger partial charge in [-0.1, -0.05) is 18.2 Å². The molecule has 0 atom stereocenters. The lowest BCUT2D eigenvalue weighted by atomic mass is 9.99. The molecule has 0 bridgehead atoms. The molecule has 2 rings (SSSR count). The van der Waals surface area contributed by atoms with Crippen LogP contribution in [0.3, 0.4) is 0 Å². The van der Waals surface area contributed by atoms with E-state index in [1.165, 1.54) is 12.1 Å². The Balaban J connectivity index is 2.06. The molecular weight excluding hydrogens is 231 g/mol. The maximum atomic E-state index is 12.7. The van der Waals surface area contributed by atoms with Crippen molar-refractivity contribution in [3.05, 3.63) is 35.4 Å². The molecule has 0 saturated carbocycles. The molecule has 94 valence electrons. The SMILES string of the molecule is OCC1CN(Cc2ccccc2C(F)(F)F)C1. The fraction of sp³-hybridized carbons (Fsp3) is 0.500. The molecule has 1 fully saturated rings. The van der Waals surface area contributed by atoms with Gasteiger partial charge in [-0.3, -0.25) is 4.90 Å². The van der Waals surface area contributed by atoms with Gasteiger partial charge in [0.25, 0.3) is 0 Å². The van der Waals surface area contributed by atoms with Crippen LogP contribution in [0, 0.1) is 5.92 Å². The Kier molecular flexibility index (Phi) is 3.40. The maximum Gasteiger partial charge on any atom is 0.416 e. The molecular formula is C12H14F3NO. The van der Waals surface area contributed by atoms with E-state index in [1.807, 2.05) is 4.90 Å². The Bertz CT molecular complexity index is 386. The van der Waals surface area contributed by atoms with Gasteiger partial charge >= 0.3 is 6.18 Å². The van der Waals surface area contributed by atoms with Crippen LogP contribution in [0.15, 0.2) is 24.3 Å². The predicted octanol–water partition coefficient (Wildman–Crippen LogP) is 2.13. The molecule has 2 nitrogen and oxygen atoms in total. The van der Waals surface area contributed by atoms with Crippen LogP contribution in [-0.4, -0.2) is 29.7 Å². The zero-order chi connectivity index (χ0) is 12.5. The van der Waals surface area contributed by atoms with Gasteiger partial charge in [-0.25, -0.2) is 0 Å². The van der Waals surface area contributed by atoms with Crippen molar-refractivity contribution in [3.63, 3.8) is 0 Å². The van der Waals surface area contributed by atoms with E-state index in [9.17, 15) is 13.2 Å². The summed E-state index contributed by atoms with van der Waals surface area (Å²) < 4.78 is 38.1. The van der Waals surface area contributed by atoms with Crippen LogP contribution in [0.2, 0.25) is 0 Å². The number of halogens is 3. The zero-order valence-corrected chi connectivity index (χ0v) is 9.24. The number of aliphatic hydroxyl groups is 1. The van der Waals surface area contributed by atoms with Crippen LogP contribution in [0.4, 0.5) is 13.2 Å². The van der Waals surface area contributed by atoms with Gasteiger partial charge in [0.05, 0.1) is 5.56 Å². The Hall–Kier alpha value is -1.07. The average Bonchev–Trinajstić information content (AvgIpc) is 2.22. The molecule has 1 heterocycles. The third kappa shape index (κ3) is 2.79. The first-order chi connectivity index (χ1) is 8.00. The van der Waals surface area contributed by atoms with E-state index in [4.69, 9.17) is 5.11 Å². The van der Waals surface area contributed by atoms with Gasteiger partial charge in [-0.05, 0) is 11.6 Å². The number of nitrogens with zero attached hydrogens (tertiary/aromatic N) is 1. The second kappa shape index (κ2) is 4.66. The van der Waals surface area contributed by atoms with Crippen LogP contribution in [0.5, 0.6) is 0 Å². The van der Waals surface area contributed by atoms with Gasteiger partial charge in [-0.15, -0.1) is 0 Å². The van der Waals surface area contributed by atoms with Gasteiger partial charge < -0.3 is 5.11 Å². The van der Waals surface area contributed by atoms with Gasteiger partial charge in [0.1, 0.15) is 0 Å². The summed E-state index contributed by atoms with van der Waals surface area (Å²) in [6.45, 7) is 1.75. The highest BCUT2D eigenvalue weighted by atomic mass is 19.4. The number of rotatable bonds is 3. The maximum absolute atomic E-state index is 12.7. The molecule has 0 unspecified atom stereocenters. The molecule has 0 aliphatic carbocycles. The first-order valence-electron chi connectivity index (χ1n) is 5.49. The number of alkyl halides is 3. The summed E-state index contributed by atoms with van der Waals surface area (Å²) in [5, 5.41) is 8.85. The van der Waals surface area contributed by atoms with Crippen molar-refractivity contribution in [1.29, 1.82) is 0 Å². The minimum atomic E-state index is -4.29. The normalized spacial score (nSPS) is 18.1. The summed E-state index contributed by atoms with van der Waals surface area (Å²) in [7, 11) is 0. The van der Waals surface area contributed by atoms with E-state index in [1.54, 1.807) is 6.07 Å². The molecule has 5 heteroatoms. The highest BCUT2D eigenvalue weighted by Gasteiger charge is 2.34. The minimum absolute atomic E-state index is 0.109. The van der Waals surface area contributed by atoms with Crippen molar-refractivity contribution in [2.75, 3.05) is 19.7 Å². The lowest BCUT2D eigenvalue weighted by Crippen LogP contribution is -2.47. The summed E-state index contributed by atoms with van der Waals surface area (Å²) in [5.41, 5.74) is -0.260. The molecule has 0 spiro atoms. The smallest absolute Gasteiger partial charge is 0.396 e. The van der Waals surface area contributed by atoms with E-state index >= 15 is 0 Å². The van der Waals surface area contributed by atoms with E-state index < -0.39 is 11.7 Å². The standard InChI is InChI=1S/C12H14F3NO/c13-12(14,15)11-4-2-1-3-10(11)7-16-5-9(6-16)8-17/h1-4,9,17H,5-8H2.